The van der Waals surface area contributed by atoms with Gasteiger partial charge in [0.1, 0.15) is 0 Å². The maximum atomic E-state index is 11.6. The van der Waals surface area contributed by atoms with Crippen molar-refractivity contribution in [3.63, 3.8) is 0 Å². The number of halogens is 1. The predicted molar refractivity (Wildman–Crippen MR) is 72.0 cm³/mol. The van der Waals surface area contributed by atoms with Crippen LogP contribution in [-0.2, 0) is 19.1 Å². The summed E-state index contributed by atoms with van der Waals surface area (Å²) in [5.74, 6) is -3.41. The first kappa shape index (κ1) is 18.9. The summed E-state index contributed by atoms with van der Waals surface area (Å²) in [7, 11) is 2.14. The van der Waals surface area contributed by atoms with Gasteiger partial charge in [0.15, 0.2) is 5.92 Å². The summed E-state index contributed by atoms with van der Waals surface area (Å²) in [5, 5.41) is 11.1. The zero-order chi connectivity index (χ0) is 14.6. The number of benzene rings is 1. The third-order valence-corrected chi connectivity index (χ3v) is 2.61. The summed E-state index contributed by atoms with van der Waals surface area (Å²) in [5.41, 5.74) is -0.582. The minimum absolute atomic E-state index is 0. The molecule has 1 aromatic carbocycles. The molecular weight excluding hydrogens is 301 g/mol. The van der Waals surface area contributed by atoms with Crippen LogP contribution in [0.2, 0.25) is 5.02 Å². The number of esters is 2. The molecule has 0 aromatic heterocycles. The van der Waals surface area contributed by atoms with Crippen molar-refractivity contribution in [1.29, 1.82) is 0 Å². The molecule has 0 aliphatic rings. The molecular formula is C11H11ClNNaO6. The second kappa shape index (κ2) is 8.21. The molecule has 1 rings (SSSR count). The van der Waals surface area contributed by atoms with Crippen molar-refractivity contribution in [3.05, 3.63) is 38.9 Å². The molecule has 0 unspecified atom stereocenters. The summed E-state index contributed by atoms with van der Waals surface area (Å²) in [6.45, 7) is 0. The second-order valence-corrected chi connectivity index (χ2v) is 3.88. The average Bonchev–Trinajstić information content (AvgIpc) is 2.39. The number of hydrogen-bond donors (Lipinski definition) is 0. The van der Waals surface area contributed by atoms with Crippen LogP contribution in [0.25, 0.3) is 0 Å². The molecule has 0 N–H and O–H groups in total. The van der Waals surface area contributed by atoms with Crippen LogP contribution in [0.15, 0.2) is 18.2 Å². The number of nitrogens with zero attached hydrogens (tertiary/aromatic N) is 1. The molecule has 0 aliphatic heterocycles. The fourth-order valence-electron chi connectivity index (χ4n) is 1.50. The first-order chi connectivity index (χ1) is 8.92. The Morgan fingerprint density at radius 1 is 1.25 bits per heavy atom. The van der Waals surface area contributed by atoms with E-state index in [4.69, 9.17) is 11.6 Å². The molecule has 0 atom stereocenters. The van der Waals surface area contributed by atoms with Crippen LogP contribution in [0.3, 0.4) is 0 Å². The Bertz CT molecular complexity index is 520. The van der Waals surface area contributed by atoms with Gasteiger partial charge in [-0.25, -0.2) is 0 Å². The Balaban J connectivity index is 0.00000361. The first-order valence-corrected chi connectivity index (χ1v) is 5.39. The molecule has 20 heavy (non-hydrogen) atoms. The molecule has 0 saturated heterocycles. The summed E-state index contributed by atoms with van der Waals surface area (Å²) >= 11 is 5.66. The van der Waals surface area contributed by atoms with Gasteiger partial charge in [0.25, 0.3) is 5.69 Å². The molecule has 1 aromatic rings. The monoisotopic (exact) mass is 311 g/mol. The van der Waals surface area contributed by atoms with Crippen molar-refractivity contribution >= 4 is 58.8 Å². The van der Waals surface area contributed by atoms with Crippen LogP contribution >= 0.6 is 11.6 Å². The van der Waals surface area contributed by atoms with Gasteiger partial charge in [-0.15, -0.1) is 0 Å². The summed E-state index contributed by atoms with van der Waals surface area (Å²) in [6, 6.07) is 3.61. The summed E-state index contributed by atoms with van der Waals surface area (Å²) in [6.07, 6.45) is 0. The molecule has 0 amide bonds. The quantitative estimate of drug-likeness (QED) is 0.271. The van der Waals surface area contributed by atoms with Gasteiger partial charge in [0, 0.05) is 11.1 Å². The summed E-state index contributed by atoms with van der Waals surface area (Å²) in [4.78, 5) is 33.4. The van der Waals surface area contributed by atoms with Gasteiger partial charge < -0.3 is 9.47 Å². The Labute approximate surface area is 141 Å². The number of ether oxygens (including phenoxy) is 2. The van der Waals surface area contributed by atoms with E-state index in [1.165, 1.54) is 12.1 Å². The van der Waals surface area contributed by atoms with Crippen molar-refractivity contribution in [3.8, 4) is 0 Å². The normalized spacial score (nSPS) is 9.60. The number of hydrogen-bond acceptors (Lipinski definition) is 6. The molecule has 0 saturated carbocycles. The van der Waals surface area contributed by atoms with E-state index in [0.717, 1.165) is 20.3 Å². The number of methoxy groups -OCH3 is 2. The number of nitro groups is 1. The molecule has 9 heteroatoms. The third-order valence-electron chi connectivity index (χ3n) is 2.37. The molecule has 0 fully saturated rings. The van der Waals surface area contributed by atoms with E-state index in [1.54, 1.807) is 0 Å². The summed E-state index contributed by atoms with van der Waals surface area (Å²) < 4.78 is 8.92. The van der Waals surface area contributed by atoms with Gasteiger partial charge in [0.2, 0.25) is 0 Å². The Morgan fingerprint density at radius 3 is 2.15 bits per heavy atom. The SMILES string of the molecule is COC(=O)C(C(=O)OC)c1ccc(Cl)cc1[N+](=O)[O-].[NaH]. The third kappa shape index (κ3) is 4.17. The Hall–Kier alpha value is -1.15. The standard InChI is InChI=1S/C11H10ClNO6.Na.H/c1-18-10(14)9(11(15)19-2)7-4-3-6(12)5-8(7)13(16)17;;/h3-5,9H,1-2H3;;. The van der Waals surface area contributed by atoms with E-state index in [9.17, 15) is 19.7 Å². The molecule has 7 nitrogen and oxygen atoms in total. The number of carbonyl (C=O) groups excluding carboxylic acids is 2. The van der Waals surface area contributed by atoms with Crippen LogP contribution in [0.4, 0.5) is 5.69 Å². The zero-order valence-corrected chi connectivity index (χ0v) is 10.8. The van der Waals surface area contributed by atoms with Crippen LogP contribution in [-0.4, -0.2) is 60.6 Å². The van der Waals surface area contributed by atoms with Gasteiger partial charge in [-0.1, -0.05) is 11.6 Å². The molecule has 104 valence electrons. The fourth-order valence-corrected chi connectivity index (χ4v) is 1.67. The van der Waals surface area contributed by atoms with E-state index >= 15 is 0 Å². The van der Waals surface area contributed by atoms with E-state index in [1.807, 2.05) is 0 Å². The second-order valence-electron chi connectivity index (χ2n) is 3.44. The van der Waals surface area contributed by atoms with Crippen LogP contribution in [0.1, 0.15) is 11.5 Å². The van der Waals surface area contributed by atoms with E-state index < -0.39 is 28.5 Å². The van der Waals surface area contributed by atoms with Crippen LogP contribution in [0.5, 0.6) is 0 Å². The maximum absolute atomic E-state index is 11.6. The molecule has 0 aliphatic carbocycles. The van der Waals surface area contributed by atoms with Gasteiger partial charge in [-0.05, 0) is 12.1 Å². The molecule has 0 bridgehead atoms. The van der Waals surface area contributed by atoms with E-state index in [-0.39, 0.29) is 40.1 Å². The van der Waals surface area contributed by atoms with Gasteiger partial charge in [-0.2, -0.15) is 0 Å². The molecule has 0 radical (unpaired) electrons. The minimum atomic E-state index is -1.52. The fraction of sp³-hybridized carbons (Fsp3) is 0.273. The van der Waals surface area contributed by atoms with Crippen LogP contribution < -0.4 is 0 Å². The zero-order valence-electron chi connectivity index (χ0n) is 10.1. The van der Waals surface area contributed by atoms with Crippen molar-refractivity contribution in [2.75, 3.05) is 14.2 Å². The van der Waals surface area contributed by atoms with Crippen molar-refractivity contribution in [2.45, 2.75) is 5.92 Å². The predicted octanol–water partition coefficient (Wildman–Crippen LogP) is 1.03. The first-order valence-electron chi connectivity index (χ1n) is 5.01. The van der Waals surface area contributed by atoms with Gasteiger partial charge >= 0.3 is 41.5 Å². The van der Waals surface area contributed by atoms with Crippen molar-refractivity contribution < 1.29 is 24.0 Å². The van der Waals surface area contributed by atoms with Crippen molar-refractivity contribution in [2.24, 2.45) is 0 Å². The Kier molecular flexibility index (Phi) is 7.74. The average molecular weight is 312 g/mol. The Morgan fingerprint density at radius 2 is 1.75 bits per heavy atom. The number of carbonyl (C=O) groups is 2. The van der Waals surface area contributed by atoms with Gasteiger partial charge in [-0.3, -0.25) is 19.7 Å². The van der Waals surface area contributed by atoms with E-state index in [2.05, 4.69) is 9.47 Å². The van der Waals surface area contributed by atoms with Crippen LogP contribution in [0, 0.1) is 10.1 Å². The molecule has 0 heterocycles. The van der Waals surface area contributed by atoms with E-state index in [0.29, 0.717) is 0 Å². The number of nitro benzene ring substituents is 1. The molecule has 0 spiro atoms. The van der Waals surface area contributed by atoms with Crippen molar-refractivity contribution in [1.82, 2.24) is 0 Å². The topological polar surface area (TPSA) is 95.7 Å². The van der Waals surface area contributed by atoms with Gasteiger partial charge in [0.05, 0.1) is 24.7 Å². The number of rotatable bonds is 4.